The Labute approximate surface area is 154 Å². The molecule has 3 heterocycles. The minimum Gasteiger partial charge on any atom is -0.467 e. The van der Waals surface area contributed by atoms with Crippen molar-refractivity contribution in [2.45, 2.75) is 11.7 Å². The Morgan fingerprint density at radius 1 is 1.32 bits per heavy atom. The van der Waals surface area contributed by atoms with E-state index in [9.17, 15) is 4.79 Å². The number of amides is 1. The summed E-state index contributed by atoms with van der Waals surface area (Å²) >= 11 is 4.69. The van der Waals surface area contributed by atoms with E-state index in [1.54, 1.807) is 12.3 Å². The maximum atomic E-state index is 11.9. The van der Waals surface area contributed by atoms with E-state index in [2.05, 4.69) is 41.4 Å². The van der Waals surface area contributed by atoms with Gasteiger partial charge in [-0.2, -0.15) is 0 Å². The second kappa shape index (κ2) is 6.85. The minimum atomic E-state index is -0.120. The van der Waals surface area contributed by atoms with Gasteiger partial charge in [-0.1, -0.05) is 27.7 Å². The molecule has 0 spiro atoms. The lowest BCUT2D eigenvalue weighted by atomic mass is 10.2. The van der Waals surface area contributed by atoms with Gasteiger partial charge in [0.1, 0.15) is 11.3 Å². The second-order valence-corrected chi connectivity index (χ2v) is 7.11. The third-order valence-corrected chi connectivity index (χ3v) is 4.86. The Hall–Kier alpha value is -2.39. The van der Waals surface area contributed by atoms with E-state index >= 15 is 0 Å². The summed E-state index contributed by atoms with van der Waals surface area (Å²) in [5.74, 6) is 0.798. The van der Waals surface area contributed by atoms with Crippen LogP contribution >= 0.6 is 27.7 Å². The van der Waals surface area contributed by atoms with E-state index < -0.39 is 0 Å². The normalized spacial score (nSPS) is 11.2. The first-order valence-corrected chi connectivity index (χ1v) is 9.20. The van der Waals surface area contributed by atoms with E-state index in [1.807, 2.05) is 24.3 Å². The van der Waals surface area contributed by atoms with Gasteiger partial charge in [0, 0.05) is 15.4 Å². The van der Waals surface area contributed by atoms with Crippen LogP contribution in [0.25, 0.3) is 22.1 Å². The number of thioether (sulfide) groups is 1. The van der Waals surface area contributed by atoms with Crippen LogP contribution in [0.15, 0.2) is 50.6 Å². The Morgan fingerprint density at radius 2 is 2.24 bits per heavy atom. The number of nitrogens with zero attached hydrogens (tertiary/aromatic N) is 3. The smallest absolute Gasteiger partial charge is 0.230 e. The maximum absolute atomic E-state index is 11.9. The number of nitrogens with one attached hydrogen (secondary N) is 2. The van der Waals surface area contributed by atoms with E-state index in [0.717, 1.165) is 15.4 Å². The number of aromatic nitrogens is 4. The molecule has 4 rings (SSSR count). The minimum absolute atomic E-state index is 0.120. The zero-order valence-electron chi connectivity index (χ0n) is 12.8. The van der Waals surface area contributed by atoms with Crippen LogP contribution < -0.4 is 5.32 Å². The van der Waals surface area contributed by atoms with E-state index in [0.29, 0.717) is 28.6 Å². The molecule has 1 aromatic carbocycles. The first kappa shape index (κ1) is 16.1. The molecule has 1 amide bonds. The number of carbonyl (C=O) groups is 1. The summed E-state index contributed by atoms with van der Waals surface area (Å²) in [6.07, 6.45) is 1.57. The van der Waals surface area contributed by atoms with E-state index in [-0.39, 0.29) is 11.7 Å². The largest absolute Gasteiger partial charge is 0.467 e. The van der Waals surface area contributed by atoms with Gasteiger partial charge in [0.15, 0.2) is 5.65 Å². The Morgan fingerprint density at radius 3 is 3.08 bits per heavy atom. The van der Waals surface area contributed by atoms with Crippen molar-refractivity contribution in [2.24, 2.45) is 0 Å². The average Bonchev–Trinajstić information content (AvgIpc) is 3.25. The van der Waals surface area contributed by atoms with Crippen molar-refractivity contribution in [1.29, 1.82) is 0 Å². The summed E-state index contributed by atoms with van der Waals surface area (Å²) in [6.45, 7) is 0.363. The first-order valence-electron chi connectivity index (χ1n) is 7.42. The van der Waals surface area contributed by atoms with Gasteiger partial charge in [0.05, 0.1) is 18.6 Å². The fraction of sp³-hybridized carbons (Fsp3) is 0.125. The lowest BCUT2D eigenvalue weighted by molar-refractivity contribution is -0.118. The van der Waals surface area contributed by atoms with Crippen LogP contribution in [-0.2, 0) is 11.3 Å². The van der Waals surface area contributed by atoms with Crippen LogP contribution in [0.3, 0.4) is 0 Å². The Bertz CT molecular complexity index is 1050. The zero-order valence-corrected chi connectivity index (χ0v) is 15.2. The number of hydrogen-bond donors (Lipinski definition) is 2. The molecule has 25 heavy (non-hydrogen) atoms. The van der Waals surface area contributed by atoms with Crippen molar-refractivity contribution in [3.05, 3.63) is 46.8 Å². The second-order valence-electron chi connectivity index (χ2n) is 5.25. The highest BCUT2D eigenvalue weighted by molar-refractivity contribution is 9.10. The molecular formula is C16H12BrN5O2S. The third kappa shape index (κ3) is 3.52. The highest BCUT2D eigenvalue weighted by atomic mass is 79.9. The van der Waals surface area contributed by atoms with Gasteiger partial charge in [-0.3, -0.25) is 4.79 Å². The Kier molecular flexibility index (Phi) is 4.41. The molecule has 0 aliphatic carbocycles. The van der Waals surface area contributed by atoms with Crippen LogP contribution in [0.1, 0.15) is 5.76 Å². The number of hydrogen-bond acceptors (Lipinski definition) is 6. The zero-order chi connectivity index (χ0) is 17.2. The molecule has 0 saturated carbocycles. The van der Waals surface area contributed by atoms with Crippen LogP contribution in [0, 0.1) is 0 Å². The topological polar surface area (TPSA) is 96.7 Å². The number of furan rings is 1. The first-order chi connectivity index (χ1) is 12.2. The van der Waals surface area contributed by atoms with Gasteiger partial charge in [0.2, 0.25) is 11.1 Å². The van der Waals surface area contributed by atoms with Gasteiger partial charge in [-0.15, -0.1) is 10.2 Å². The summed E-state index contributed by atoms with van der Waals surface area (Å²) in [5, 5.41) is 12.5. The molecule has 0 atom stereocenters. The van der Waals surface area contributed by atoms with Crippen molar-refractivity contribution in [2.75, 3.05) is 5.75 Å². The van der Waals surface area contributed by atoms with Crippen molar-refractivity contribution >= 4 is 55.7 Å². The Balaban J connectivity index is 1.44. The SMILES string of the molecule is O=C(CSc1nnc2c(n1)[nH]c1ccc(Br)cc12)NCc1ccco1. The van der Waals surface area contributed by atoms with Gasteiger partial charge < -0.3 is 14.7 Å². The predicted molar refractivity (Wildman–Crippen MR) is 98.2 cm³/mol. The molecule has 2 N–H and O–H groups in total. The average molecular weight is 418 g/mol. The molecule has 7 nitrogen and oxygen atoms in total. The lowest BCUT2D eigenvalue weighted by Crippen LogP contribution is -2.24. The van der Waals surface area contributed by atoms with Crippen LogP contribution in [0.5, 0.6) is 0 Å². The molecular weight excluding hydrogens is 406 g/mol. The van der Waals surface area contributed by atoms with Gasteiger partial charge >= 0.3 is 0 Å². The number of rotatable bonds is 5. The summed E-state index contributed by atoms with van der Waals surface area (Å²) < 4.78 is 6.14. The maximum Gasteiger partial charge on any atom is 0.230 e. The van der Waals surface area contributed by atoms with E-state index in [1.165, 1.54) is 11.8 Å². The fourth-order valence-electron chi connectivity index (χ4n) is 2.37. The molecule has 126 valence electrons. The van der Waals surface area contributed by atoms with Gasteiger partial charge in [-0.25, -0.2) is 4.98 Å². The summed E-state index contributed by atoms with van der Waals surface area (Å²) in [7, 11) is 0. The number of carbonyl (C=O) groups excluding carboxylic acids is 1. The van der Waals surface area contributed by atoms with Crippen molar-refractivity contribution in [3.63, 3.8) is 0 Å². The van der Waals surface area contributed by atoms with Crippen LogP contribution in [0.2, 0.25) is 0 Å². The molecule has 4 aromatic rings. The van der Waals surface area contributed by atoms with Crippen molar-refractivity contribution in [1.82, 2.24) is 25.5 Å². The summed E-state index contributed by atoms with van der Waals surface area (Å²) in [4.78, 5) is 19.6. The highest BCUT2D eigenvalue weighted by Gasteiger charge is 2.11. The van der Waals surface area contributed by atoms with Crippen molar-refractivity contribution in [3.8, 4) is 0 Å². The monoisotopic (exact) mass is 417 g/mol. The molecule has 0 saturated heterocycles. The molecule has 0 aliphatic rings. The fourth-order valence-corrected chi connectivity index (χ4v) is 3.35. The number of aromatic amines is 1. The van der Waals surface area contributed by atoms with Crippen LogP contribution in [0.4, 0.5) is 0 Å². The third-order valence-electron chi connectivity index (χ3n) is 3.53. The van der Waals surface area contributed by atoms with Gasteiger partial charge in [0.25, 0.3) is 0 Å². The molecule has 0 radical (unpaired) electrons. The molecule has 9 heteroatoms. The molecule has 0 unspecified atom stereocenters. The number of benzene rings is 1. The van der Waals surface area contributed by atoms with Crippen molar-refractivity contribution < 1.29 is 9.21 Å². The molecule has 0 aliphatic heterocycles. The summed E-state index contributed by atoms with van der Waals surface area (Å²) in [5.41, 5.74) is 2.31. The van der Waals surface area contributed by atoms with E-state index in [4.69, 9.17) is 4.42 Å². The van der Waals surface area contributed by atoms with Gasteiger partial charge in [-0.05, 0) is 30.3 Å². The number of fused-ring (bicyclic) bond motifs is 3. The number of H-pyrrole nitrogens is 1. The predicted octanol–water partition coefficient (Wildman–Crippen LogP) is 3.27. The lowest BCUT2D eigenvalue weighted by Gasteiger charge is -2.02. The number of halogens is 1. The standard InChI is InChI=1S/C16H12BrN5O2S/c17-9-3-4-12-11(6-9)14-15(19-12)20-16(22-21-14)25-8-13(23)18-7-10-2-1-5-24-10/h1-6H,7-8H2,(H,18,23)(H,19,20,22). The highest BCUT2D eigenvalue weighted by Crippen LogP contribution is 2.26. The quantitative estimate of drug-likeness (QED) is 0.483. The molecule has 3 aromatic heterocycles. The van der Waals surface area contributed by atoms with Crippen LogP contribution in [-0.4, -0.2) is 31.8 Å². The summed E-state index contributed by atoms with van der Waals surface area (Å²) in [6, 6.07) is 9.47. The molecule has 0 bridgehead atoms. The molecule has 0 fully saturated rings.